The van der Waals surface area contributed by atoms with Crippen molar-refractivity contribution in [2.45, 2.75) is 19.9 Å². The number of benzene rings is 2. The van der Waals surface area contributed by atoms with Gasteiger partial charge in [0.15, 0.2) is 0 Å². The van der Waals surface area contributed by atoms with Gasteiger partial charge >= 0.3 is 0 Å². The molecule has 0 aromatic heterocycles. The Kier molecular flexibility index (Phi) is 7.13. The fourth-order valence-electron chi connectivity index (χ4n) is 3.14. The molecular weight excluding hydrogens is 414 g/mol. The zero-order valence-corrected chi connectivity index (χ0v) is 17.7. The Labute approximate surface area is 176 Å². The van der Waals surface area contributed by atoms with E-state index in [1.54, 1.807) is 42.5 Å². The SMILES string of the molecule is CCOc1ccc(NC(=O)CN2CCCN(Cc3cccc(Cl)c3)S2(=O)=O)cc1. The summed E-state index contributed by atoms with van der Waals surface area (Å²) in [6.07, 6.45) is 0.649. The predicted octanol–water partition coefficient (Wildman–Crippen LogP) is 3.13. The van der Waals surface area contributed by atoms with Crippen LogP contribution in [0.25, 0.3) is 0 Å². The highest BCUT2D eigenvalue weighted by Gasteiger charge is 2.34. The zero-order chi connectivity index (χ0) is 20.9. The summed E-state index contributed by atoms with van der Waals surface area (Å²) >= 11 is 6.00. The quantitative estimate of drug-likeness (QED) is 0.721. The smallest absolute Gasteiger partial charge is 0.282 e. The van der Waals surface area contributed by atoms with Gasteiger partial charge in [0.2, 0.25) is 5.91 Å². The van der Waals surface area contributed by atoms with Crippen molar-refractivity contribution in [1.82, 2.24) is 8.61 Å². The molecule has 1 amide bonds. The third-order valence-corrected chi connectivity index (χ3v) is 6.65. The van der Waals surface area contributed by atoms with E-state index >= 15 is 0 Å². The molecule has 0 atom stereocenters. The van der Waals surface area contributed by atoms with E-state index in [1.165, 1.54) is 8.61 Å². The number of nitrogens with zero attached hydrogens (tertiary/aromatic N) is 2. The molecule has 0 saturated carbocycles. The highest BCUT2D eigenvalue weighted by atomic mass is 35.5. The molecule has 0 radical (unpaired) electrons. The average molecular weight is 438 g/mol. The highest BCUT2D eigenvalue weighted by molar-refractivity contribution is 7.86. The molecule has 0 spiro atoms. The number of rotatable bonds is 7. The second-order valence-electron chi connectivity index (χ2n) is 6.66. The van der Waals surface area contributed by atoms with E-state index in [2.05, 4.69) is 5.32 Å². The molecule has 2 aromatic carbocycles. The van der Waals surface area contributed by atoms with Gasteiger partial charge in [-0.2, -0.15) is 17.0 Å². The number of amides is 1. The maximum absolute atomic E-state index is 12.9. The summed E-state index contributed by atoms with van der Waals surface area (Å²) in [5.41, 5.74) is 1.39. The Bertz CT molecular complexity index is 950. The van der Waals surface area contributed by atoms with Gasteiger partial charge in [0.05, 0.1) is 13.2 Å². The van der Waals surface area contributed by atoms with Crippen LogP contribution in [0.15, 0.2) is 48.5 Å². The largest absolute Gasteiger partial charge is 0.494 e. The molecule has 2 aromatic rings. The number of anilines is 1. The van der Waals surface area contributed by atoms with Crippen LogP contribution in [-0.2, 0) is 21.5 Å². The van der Waals surface area contributed by atoms with E-state index in [4.69, 9.17) is 16.3 Å². The Balaban J connectivity index is 1.62. The molecular formula is C20H24ClN3O4S. The molecule has 1 aliphatic rings. The summed E-state index contributed by atoms with van der Waals surface area (Å²) < 4.78 is 33.8. The molecule has 1 heterocycles. The Hall–Kier alpha value is -2.13. The molecule has 3 rings (SSSR count). The van der Waals surface area contributed by atoms with Gasteiger partial charge in [-0.1, -0.05) is 23.7 Å². The molecule has 7 nitrogen and oxygen atoms in total. The van der Waals surface area contributed by atoms with E-state index < -0.39 is 10.2 Å². The van der Waals surface area contributed by atoms with Crippen LogP contribution in [0.2, 0.25) is 5.02 Å². The third kappa shape index (κ3) is 5.70. The van der Waals surface area contributed by atoms with Crippen molar-refractivity contribution in [2.75, 3.05) is 31.6 Å². The first-order valence-electron chi connectivity index (χ1n) is 9.41. The van der Waals surface area contributed by atoms with Crippen molar-refractivity contribution in [3.63, 3.8) is 0 Å². The van der Waals surface area contributed by atoms with Crippen LogP contribution in [0.4, 0.5) is 5.69 Å². The number of carbonyl (C=O) groups is 1. The standard InChI is InChI=1S/C20H24ClN3O4S/c1-2-28-19-9-7-18(8-10-19)22-20(25)15-24-12-4-11-23(29(24,26)27)14-16-5-3-6-17(21)13-16/h3,5-10,13H,2,4,11-12,14-15H2,1H3,(H,22,25). The van der Waals surface area contributed by atoms with Gasteiger partial charge in [-0.15, -0.1) is 0 Å². The van der Waals surface area contributed by atoms with E-state index in [-0.39, 0.29) is 19.0 Å². The summed E-state index contributed by atoms with van der Waals surface area (Å²) in [4.78, 5) is 12.4. The monoisotopic (exact) mass is 437 g/mol. The van der Waals surface area contributed by atoms with Gasteiger partial charge in [-0.3, -0.25) is 4.79 Å². The van der Waals surface area contributed by atoms with Crippen LogP contribution in [0, 0.1) is 0 Å². The van der Waals surface area contributed by atoms with E-state index in [0.717, 1.165) is 5.56 Å². The van der Waals surface area contributed by atoms with Gasteiger partial charge < -0.3 is 10.1 Å². The number of hydrogen-bond acceptors (Lipinski definition) is 4. The van der Waals surface area contributed by atoms with Gasteiger partial charge in [0, 0.05) is 30.3 Å². The summed E-state index contributed by atoms with van der Waals surface area (Å²) in [6, 6.07) is 14.1. The van der Waals surface area contributed by atoms with Crippen molar-refractivity contribution in [2.24, 2.45) is 0 Å². The molecule has 1 saturated heterocycles. The lowest BCUT2D eigenvalue weighted by Gasteiger charge is -2.34. The minimum Gasteiger partial charge on any atom is -0.494 e. The van der Waals surface area contributed by atoms with Gasteiger partial charge in [-0.05, 0) is 55.3 Å². The van der Waals surface area contributed by atoms with E-state index in [9.17, 15) is 13.2 Å². The third-order valence-electron chi connectivity index (χ3n) is 4.48. The zero-order valence-electron chi connectivity index (χ0n) is 16.2. The average Bonchev–Trinajstić information content (AvgIpc) is 2.67. The topological polar surface area (TPSA) is 79.0 Å². The fourth-order valence-corrected chi connectivity index (χ4v) is 4.99. The van der Waals surface area contributed by atoms with Crippen LogP contribution >= 0.6 is 11.6 Å². The summed E-state index contributed by atoms with van der Waals surface area (Å²) in [5, 5.41) is 3.29. The lowest BCUT2D eigenvalue weighted by molar-refractivity contribution is -0.116. The van der Waals surface area contributed by atoms with Crippen molar-refractivity contribution < 1.29 is 17.9 Å². The molecule has 0 unspecified atom stereocenters. The van der Waals surface area contributed by atoms with E-state index in [0.29, 0.717) is 42.6 Å². The molecule has 1 N–H and O–H groups in total. The molecule has 0 aliphatic carbocycles. The number of carbonyl (C=O) groups excluding carboxylic acids is 1. The second kappa shape index (κ2) is 9.58. The summed E-state index contributed by atoms with van der Waals surface area (Å²) in [5.74, 6) is 0.322. The normalized spacial score (nSPS) is 17.0. The number of halogens is 1. The predicted molar refractivity (Wildman–Crippen MR) is 113 cm³/mol. The molecule has 29 heavy (non-hydrogen) atoms. The van der Waals surface area contributed by atoms with Crippen molar-refractivity contribution >= 4 is 33.4 Å². The lowest BCUT2D eigenvalue weighted by Crippen LogP contribution is -2.51. The summed E-state index contributed by atoms with van der Waals surface area (Å²) in [7, 11) is -3.73. The van der Waals surface area contributed by atoms with Crippen molar-refractivity contribution in [3.05, 3.63) is 59.1 Å². The first-order chi connectivity index (χ1) is 13.9. The molecule has 9 heteroatoms. The number of nitrogens with one attached hydrogen (secondary N) is 1. The molecule has 0 bridgehead atoms. The molecule has 1 fully saturated rings. The number of ether oxygens (including phenoxy) is 1. The van der Waals surface area contributed by atoms with Crippen LogP contribution in [0.5, 0.6) is 5.75 Å². The van der Waals surface area contributed by atoms with Gasteiger partial charge in [0.25, 0.3) is 10.2 Å². The van der Waals surface area contributed by atoms with Gasteiger partial charge in [0.1, 0.15) is 5.75 Å². The minimum atomic E-state index is -3.73. The first-order valence-corrected chi connectivity index (χ1v) is 11.2. The minimum absolute atomic E-state index is 0.222. The highest BCUT2D eigenvalue weighted by Crippen LogP contribution is 2.21. The first kappa shape index (κ1) is 21.6. The Morgan fingerprint density at radius 3 is 2.55 bits per heavy atom. The van der Waals surface area contributed by atoms with Crippen LogP contribution < -0.4 is 10.1 Å². The van der Waals surface area contributed by atoms with E-state index in [1.807, 2.05) is 13.0 Å². The second-order valence-corrected chi connectivity index (χ2v) is 9.03. The summed E-state index contributed by atoms with van der Waals surface area (Å²) in [6.45, 7) is 3.16. The van der Waals surface area contributed by atoms with Crippen molar-refractivity contribution in [1.29, 1.82) is 0 Å². The lowest BCUT2D eigenvalue weighted by atomic mass is 10.2. The van der Waals surface area contributed by atoms with Crippen LogP contribution in [0.1, 0.15) is 18.9 Å². The number of hydrogen-bond donors (Lipinski definition) is 1. The maximum atomic E-state index is 12.9. The Morgan fingerprint density at radius 2 is 1.86 bits per heavy atom. The molecule has 1 aliphatic heterocycles. The fraction of sp³-hybridized carbons (Fsp3) is 0.350. The maximum Gasteiger partial charge on any atom is 0.282 e. The van der Waals surface area contributed by atoms with Crippen molar-refractivity contribution in [3.8, 4) is 5.75 Å². The van der Waals surface area contributed by atoms with Crippen LogP contribution in [0.3, 0.4) is 0 Å². The van der Waals surface area contributed by atoms with Crippen LogP contribution in [-0.4, -0.2) is 49.2 Å². The van der Waals surface area contributed by atoms with Gasteiger partial charge in [-0.25, -0.2) is 0 Å². The Morgan fingerprint density at radius 1 is 1.14 bits per heavy atom. The molecule has 156 valence electrons.